The normalized spacial score (nSPS) is 15.9. The average Bonchev–Trinajstić information content (AvgIpc) is 2.21. The van der Waals surface area contributed by atoms with Crippen molar-refractivity contribution in [2.45, 2.75) is 5.75 Å². The van der Waals surface area contributed by atoms with Crippen LogP contribution in [0.4, 0.5) is 11.4 Å². The molecule has 94 valence electrons. The molecule has 1 aliphatic heterocycles. The van der Waals surface area contributed by atoms with E-state index in [0.29, 0.717) is 0 Å². The Morgan fingerprint density at radius 2 is 1.88 bits per heavy atom. The Hall–Kier alpha value is -0.940. The molecule has 2 rings (SSSR count). The van der Waals surface area contributed by atoms with Crippen molar-refractivity contribution in [3.05, 3.63) is 23.8 Å². The van der Waals surface area contributed by atoms with E-state index in [0.717, 1.165) is 30.0 Å². The van der Waals surface area contributed by atoms with Crippen molar-refractivity contribution >= 4 is 31.1 Å². The van der Waals surface area contributed by atoms with Gasteiger partial charge in [0.05, 0.1) is 17.1 Å². The minimum atomic E-state index is -3.52. The van der Waals surface area contributed by atoms with Crippen LogP contribution in [0.15, 0.2) is 18.2 Å². The average molecular weight is 275 g/mol. The van der Waals surface area contributed by atoms with E-state index >= 15 is 0 Å². The van der Waals surface area contributed by atoms with Crippen molar-refractivity contribution in [1.29, 1.82) is 0 Å². The minimum Gasteiger partial charge on any atom is -0.371 e. The molecule has 0 unspecified atom stereocenters. The fraction of sp³-hybridized carbons (Fsp3) is 0.455. The lowest BCUT2D eigenvalue weighted by atomic mass is 10.1. The van der Waals surface area contributed by atoms with E-state index in [1.54, 1.807) is 0 Å². The number of likely N-dealkylation sites (N-methyl/N-ethyl adjacent to an activating group) is 2. The molecule has 0 bridgehead atoms. The Labute approximate surface area is 106 Å². The SMILES string of the molecule is CN1CCN(C)c2c(CS(=O)(=O)Cl)cccc21. The fourth-order valence-corrected chi connectivity index (χ4v) is 3.12. The molecule has 0 atom stereocenters. The Kier molecular flexibility index (Phi) is 3.23. The maximum Gasteiger partial charge on any atom is 0.236 e. The summed E-state index contributed by atoms with van der Waals surface area (Å²) in [6.07, 6.45) is 0. The van der Waals surface area contributed by atoms with Crippen molar-refractivity contribution in [2.24, 2.45) is 0 Å². The Bertz CT molecular complexity index is 530. The lowest BCUT2D eigenvalue weighted by Crippen LogP contribution is -2.37. The predicted octanol–water partition coefficient (Wildman–Crippen LogP) is 1.64. The predicted molar refractivity (Wildman–Crippen MR) is 71.5 cm³/mol. The van der Waals surface area contributed by atoms with Crippen LogP contribution in [0.3, 0.4) is 0 Å². The van der Waals surface area contributed by atoms with Gasteiger partial charge in [-0.2, -0.15) is 0 Å². The molecular weight excluding hydrogens is 260 g/mol. The van der Waals surface area contributed by atoms with E-state index in [1.165, 1.54) is 0 Å². The number of nitrogens with zero attached hydrogens (tertiary/aromatic N) is 2. The van der Waals surface area contributed by atoms with Crippen LogP contribution in [0.1, 0.15) is 5.56 Å². The van der Waals surface area contributed by atoms with Crippen molar-refractivity contribution in [3.63, 3.8) is 0 Å². The third-order valence-electron chi connectivity index (χ3n) is 2.99. The van der Waals surface area contributed by atoms with Crippen LogP contribution in [0.25, 0.3) is 0 Å². The zero-order valence-corrected chi connectivity index (χ0v) is 11.4. The molecule has 1 aliphatic rings. The zero-order chi connectivity index (χ0) is 12.6. The van der Waals surface area contributed by atoms with Gasteiger partial charge in [0, 0.05) is 37.9 Å². The molecule has 0 fully saturated rings. The summed E-state index contributed by atoms with van der Waals surface area (Å²) < 4.78 is 22.4. The van der Waals surface area contributed by atoms with Gasteiger partial charge in [0.2, 0.25) is 9.05 Å². The van der Waals surface area contributed by atoms with E-state index in [2.05, 4.69) is 9.80 Å². The van der Waals surface area contributed by atoms with E-state index in [1.807, 2.05) is 32.3 Å². The smallest absolute Gasteiger partial charge is 0.236 e. The quantitative estimate of drug-likeness (QED) is 0.769. The van der Waals surface area contributed by atoms with Gasteiger partial charge in [-0.25, -0.2) is 8.42 Å². The van der Waals surface area contributed by atoms with Gasteiger partial charge in [-0.1, -0.05) is 12.1 Å². The fourth-order valence-electron chi connectivity index (χ4n) is 2.16. The van der Waals surface area contributed by atoms with Crippen LogP contribution in [-0.2, 0) is 14.8 Å². The maximum absolute atomic E-state index is 11.2. The summed E-state index contributed by atoms with van der Waals surface area (Å²) in [6.45, 7) is 1.81. The molecule has 6 heteroatoms. The highest BCUT2D eigenvalue weighted by molar-refractivity contribution is 8.13. The molecule has 0 spiro atoms. The third-order valence-corrected chi connectivity index (χ3v) is 3.97. The summed E-state index contributed by atoms with van der Waals surface area (Å²) in [7, 11) is 5.78. The van der Waals surface area contributed by atoms with Gasteiger partial charge in [-0.3, -0.25) is 0 Å². The lowest BCUT2D eigenvalue weighted by Gasteiger charge is -2.36. The Balaban J connectivity index is 2.51. The number of hydrogen-bond donors (Lipinski definition) is 0. The van der Waals surface area contributed by atoms with Gasteiger partial charge in [0.15, 0.2) is 0 Å². The zero-order valence-electron chi connectivity index (χ0n) is 9.85. The number of anilines is 2. The summed E-state index contributed by atoms with van der Waals surface area (Å²) in [5, 5.41) is 0. The second-order valence-electron chi connectivity index (χ2n) is 4.31. The van der Waals surface area contributed by atoms with Crippen LogP contribution in [0.2, 0.25) is 0 Å². The van der Waals surface area contributed by atoms with E-state index in [9.17, 15) is 8.42 Å². The molecule has 4 nitrogen and oxygen atoms in total. The molecule has 17 heavy (non-hydrogen) atoms. The molecule has 0 radical (unpaired) electrons. The molecule has 1 aromatic carbocycles. The van der Waals surface area contributed by atoms with Crippen molar-refractivity contribution in [3.8, 4) is 0 Å². The first-order chi connectivity index (χ1) is 7.88. The summed E-state index contributed by atoms with van der Waals surface area (Å²) in [5.41, 5.74) is 2.77. The molecule has 1 heterocycles. The molecule has 0 aromatic heterocycles. The first kappa shape index (κ1) is 12.5. The summed E-state index contributed by atoms with van der Waals surface area (Å²) in [4.78, 5) is 4.20. The highest BCUT2D eigenvalue weighted by atomic mass is 35.7. The molecular formula is C11H15ClN2O2S. The Morgan fingerprint density at radius 3 is 2.53 bits per heavy atom. The van der Waals surface area contributed by atoms with Gasteiger partial charge in [-0.05, 0) is 11.6 Å². The van der Waals surface area contributed by atoms with Crippen LogP contribution < -0.4 is 9.80 Å². The molecule has 0 aliphatic carbocycles. The first-order valence-corrected chi connectivity index (χ1v) is 7.83. The van der Waals surface area contributed by atoms with Gasteiger partial charge in [0.25, 0.3) is 0 Å². The number of rotatable bonds is 2. The number of fused-ring (bicyclic) bond motifs is 1. The van der Waals surface area contributed by atoms with Gasteiger partial charge < -0.3 is 9.80 Å². The van der Waals surface area contributed by atoms with Gasteiger partial charge in [-0.15, -0.1) is 0 Å². The van der Waals surface area contributed by atoms with Crippen LogP contribution >= 0.6 is 10.7 Å². The molecule has 0 amide bonds. The topological polar surface area (TPSA) is 40.6 Å². The number of para-hydroxylation sites is 1. The van der Waals surface area contributed by atoms with Crippen molar-refractivity contribution < 1.29 is 8.42 Å². The first-order valence-electron chi connectivity index (χ1n) is 5.35. The summed E-state index contributed by atoms with van der Waals surface area (Å²) in [6, 6.07) is 5.68. The largest absolute Gasteiger partial charge is 0.371 e. The Morgan fingerprint density at radius 1 is 1.24 bits per heavy atom. The van der Waals surface area contributed by atoms with Gasteiger partial charge >= 0.3 is 0 Å². The van der Waals surface area contributed by atoms with Crippen molar-refractivity contribution in [1.82, 2.24) is 0 Å². The van der Waals surface area contributed by atoms with Crippen LogP contribution in [-0.4, -0.2) is 35.6 Å². The second kappa shape index (κ2) is 4.38. The number of hydrogen-bond acceptors (Lipinski definition) is 4. The van der Waals surface area contributed by atoms with Crippen LogP contribution in [0.5, 0.6) is 0 Å². The molecule has 0 N–H and O–H groups in total. The monoisotopic (exact) mass is 274 g/mol. The lowest BCUT2D eigenvalue weighted by molar-refractivity contribution is 0.609. The molecule has 0 saturated heterocycles. The number of benzene rings is 1. The second-order valence-corrected chi connectivity index (χ2v) is 7.09. The highest BCUT2D eigenvalue weighted by Gasteiger charge is 2.22. The van der Waals surface area contributed by atoms with E-state index in [4.69, 9.17) is 10.7 Å². The van der Waals surface area contributed by atoms with E-state index in [-0.39, 0.29) is 5.75 Å². The molecule has 1 aromatic rings. The summed E-state index contributed by atoms with van der Waals surface area (Å²) >= 11 is 0. The summed E-state index contributed by atoms with van der Waals surface area (Å²) in [5.74, 6) is -0.129. The minimum absolute atomic E-state index is 0.129. The van der Waals surface area contributed by atoms with Gasteiger partial charge in [0.1, 0.15) is 0 Å². The van der Waals surface area contributed by atoms with Crippen molar-refractivity contribution in [2.75, 3.05) is 37.0 Å². The molecule has 0 saturated carbocycles. The standard InChI is InChI=1S/C11H15ClN2O2S/c1-13-6-7-14(2)11-9(8-17(12,15)16)4-3-5-10(11)13/h3-5H,6-8H2,1-2H3. The maximum atomic E-state index is 11.2. The van der Waals surface area contributed by atoms with Crippen LogP contribution in [0, 0.1) is 0 Å². The van der Waals surface area contributed by atoms with E-state index < -0.39 is 9.05 Å². The number of halogens is 1. The third kappa shape index (κ3) is 2.66. The highest BCUT2D eigenvalue weighted by Crippen LogP contribution is 2.35.